The largest absolute Gasteiger partial charge is 0.271 e. The van der Waals surface area contributed by atoms with Crippen LogP contribution in [0.15, 0.2) is 6.07 Å². The summed E-state index contributed by atoms with van der Waals surface area (Å²) in [4.78, 5) is 3.04. The molecule has 1 aromatic heterocycles. The van der Waals surface area contributed by atoms with Crippen LogP contribution in [0.4, 0.5) is 0 Å². The van der Waals surface area contributed by atoms with E-state index in [0.29, 0.717) is 12.0 Å². The molecule has 3 N–H and O–H groups in total. The minimum atomic E-state index is 0.343. The lowest BCUT2D eigenvalue weighted by Gasteiger charge is -2.16. The Labute approximate surface area is 102 Å². The van der Waals surface area contributed by atoms with Gasteiger partial charge >= 0.3 is 0 Å². The molecule has 0 aromatic carbocycles. The van der Waals surface area contributed by atoms with Gasteiger partial charge in [0.15, 0.2) is 0 Å². The van der Waals surface area contributed by atoms with Gasteiger partial charge in [-0.3, -0.25) is 11.3 Å². The monoisotopic (exact) mass is 238 g/mol. The molecule has 0 spiro atoms. The van der Waals surface area contributed by atoms with Gasteiger partial charge in [0, 0.05) is 9.75 Å². The Kier molecular flexibility index (Phi) is 4.00. The Bertz CT molecular complexity index is 320. The van der Waals surface area contributed by atoms with Crippen LogP contribution in [-0.4, -0.2) is 0 Å². The second kappa shape index (κ2) is 5.30. The van der Waals surface area contributed by atoms with Gasteiger partial charge in [0.2, 0.25) is 0 Å². The van der Waals surface area contributed by atoms with E-state index >= 15 is 0 Å². The van der Waals surface area contributed by atoms with Gasteiger partial charge in [-0.2, -0.15) is 0 Å². The molecule has 0 fully saturated rings. The first kappa shape index (κ1) is 12.1. The van der Waals surface area contributed by atoms with Crippen LogP contribution in [0.1, 0.15) is 54.5 Å². The second-order valence-corrected chi connectivity index (χ2v) is 6.32. The number of rotatable bonds is 4. The second-order valence-electron chi connectivity index (χ2n) is 5.15. The van der Waals surface area contributed by atoms with Crippen LogP contribution in [0.3, 0.4) is 0 Å². The number of hydrogen-bond acceptors (Lipinski definition) is 3. The highest BCUT2D eigenvalue weighted by Gasteiger charge is 2.19. The van der Waals surface area contributed by atoms with Crippen molar-refractivity contribution in [3.05, 3.63) is 21.4 Å². The van der Waals surface area contributed by atoms with Crippen LogP contribution < -0.4 is 11.3 Å². The third kappa shape index (κ3) is 2.65. The number of aryl methyl sites for hydroxylation is 2. The first-order valence-electron chi connectivity index (χ1n) is 6.28. The summed E-state index contributed by atoms with van der Waals surface area (Å²) in [6, 6.07) is 2.72. The third-order valence-corrected chi connectivity index (χ3v) is 4.62. The van der Waals surface area contributed by atoms with Crippen molar-refractivity contribution >= 4 is 11.3 Å². The molecule has 0 saturated carbocycles. The lowest BCUT2D eigenvalue weighted by molar-refractivity contribution is 0.443. The minimum Gasteiger partial charge on any atom is -0.271 e. The van der Waals surface area contributed by atoms with E-state index in [4.69, 9.17) is 5.84 Å². The third-order valence-electron chi connectivity index (χ3n) is 3.27. The molecule has 1 aromatic rings. The van der Waals surface area contributed by atoms with E-state index in [2.05, 4.69) is 25.3 Å². The Morgan fingerprint density at radius 3 is 2.75 bits per heavy atom. The van der Waals surface area contributed by atoms with E-state index in [1.54, 1.807) is 10.4 Å². The Balaban J connectivity index is 2.15. The predicted molar refractivity (Wildman–Crippen MR) is 70.5 cm³/mol. The Hall–Kier alpha value is -0.380. The molecule has 16 heavy (non-hydrogen) atoms. The van der Waals surface area contributed by atoms with Gasteiger partial charge in [-0.1, -0.05) is 13.8 Å². The molecule has 1 aliphatic carbocycles. The van der Waals surface area contributed by atoms with E-state index in [9.17, 15) is 0 Å². The maximum absolute atomic E-state index is 5.67. The average Bonchev–Trinajstić information content (AvgIpc) is 2.68. The molecule has 2 nitrogen and oxygen atoms in total. The fourth-order valence-corrected chi connectivity index (χ4v) is 3.75. The maximum Gasteiger partial charge on any atom is 0.0555 e. The Morgan fingerprint density at radius 2 is 2.12 bits per heavy atom. The van der Waals surface area contributed by atoms with E-state index in [1.807, 2.05) is 11.3 Å². The van der Waals surface area contributed by atoms with Gasteiger partial charge in [-0.05, 0) is 49.7 Å². The SMILES string of the molecule is CC(C)CC(NN)c1cc2c(s1)CCCC2. The van der Waals surface area contributed by atoms with Gasteiger partial charge < -0.3 is 0 Å². The molecular formula is C13H22N2S. The van der Waals surface area contributed by atoms with Crippen molar-refractivity contribution in [3.63, 3.8) is 0 Å². The fraction of sp³-hybridized carbons (Fsp3) is 0.692. The standard InChI is InChI=1S/C13H22N2S/c1-9(2)7-11(15-14)13-8-10-5-3-4-6-12(10)16-13/h8-9,11,15H,3-7,14H2,1-2H3. The molecule has 0 bridgehead atoms. The smallest absolute Gasteiger partial charge is 0.0555 e. The van der Waals surface area contributed by atoms with Gasteiger partial charge in [0.05, 0.1) is 6.04 Å². The van der Waals surface area contributed by atoms with Crippen molar-refractivity contribution in [2.24, 2.45) is 11.8 Å². The van der Waals surface area contributed by atoms with Crippen molar-refractivity contribution in [2.45, 2.75) is 52.0 Å². The molecule has 3 heteroatoms. The number of hydrogen-bond donors (Lipinski definition) is 2. The molecule has 1 aliphatic rings. The number of hydrazine groups is 1. The summed E-state index contributed by atoms with van der Waals surface area (Å²) in [6.07, 6.45) is 6.38. The van der Waals surface area contributed by atoms with Crippen molar-refractivity contribution < 1.29 is 0 Å². The molecule has 1 atom stereocenters. The zero-order chi connectivity index (χ0) is 11.5. The van der Waals surface area contributed by atoms with E-state index in [0.717, 1.165) is 6.42 Å². The lowest BCUT2D eigenvalue weighted by atomic mass is 9.97. The summed E-state index contributed by atoms with van der Waals surface area (Å²) in [5, 5.41) is 0. The Morgan fingerprint density at radius 1 is 1.38 bits per heavy atom. The van der Waals surface area contributed by atoms with E-state index in [1.165, 1.54) is 30.6 Å². The molecule has 0 amide bonds. The van der Waals surface area contributed by atoms with Gasteiger partial charge in [-0.15, -0.1) is 11.3 Å². The first-order chi connectivity index (χ1) is 7.70. The summed E-state index contributed by atoms with van der Waals surface area (Å²) in [7, 11) is 0. The summed E-state index contributed by atoms with van der Waals surface area (Å²) >= 11 is 1.97. The lowest BCUT2D eigenvalue weighted by Crippen LogP contribution is -2.28. The molecular weight excluding hydrogens is 216 g/mol. The highest BCUT2D eigenvalue weighted by atomic mass is 32.1. The first-order valence-corrected chi connectivity index (χ1v) is 7.10. The van der Waals surface area contributed by atoms with Gasteiger partial charge in [0.1, 0.15) is 0 Å². The van der Waals surface area contributed by atoms with Crippen LogP contribution in [0.25, 0.3) is 0 Å². The van der Waals surface area contributed by atoms with E-state index in [-0.39, 0.29) is 0 Å². The minimum absolute atomic E-state index is 0.343. The number of thiophene rings is 1. The number of fused-ring (bicyclic) bond motifs is 1. The van der Waals surface area contributed by atoms with Crippen LogP contribution in [-0.2, 0) is 12.8 Å². The average molecular weight is 238 g/mol. The summed E-state index contributed by atoms with van der Waals surface area (Å²) < 4.78 is 0. The molecule has 1 heterocycles. The summed E-state index contributed by atoms with van der Waals surface area (Å²) in [6.45, 7) is 4.50. The zero-order valence-corrected chi connectivity index (χ0v) is 11.1. The number of nitrogens with two attached hydrogens (primary N) is 1. The molecule has 2 rings (SSSR count). The number of nitrogens with one attached hydrogen (secondary N) is 1. The summed E-state index contributed by atoms with van der Waals surface area (Å²) in [5.41, 5.74) is 4.55. The molecule has 0 saturated heterocycles. The molecule has 1 unspecified atom stereocenters. The predicted octanol–water partition coefficient (Wildman–Crippen LogP) is 3.18. The highest BCUT2D eigenvalue weighted by molar-refractivity contribution is 7.12. The summed E-state index contributed by atoms with van der Waals surface area (Å²) in [5.74, 6) is 6.35. The van der Waals surface area contributed by atoms with Crippen molar-refractivity contribution in [1.82, 2.24) is 5.43 Å². The van der Waals surface area contributed by atoms with Crippen LogP contribution in [0, 0.1) is 5.92 Å². The quantitative estimate of drug-likeness (QED) is 0.624. The van der Waals surface area contributed by atoms with Crippen molar-refractivity contribution in [1.29, 1.82) is 0 Å². The maximum atomic E-state index is 5.67. The molecule has 90 valence electrons. The van der Waals surface area contributed by atoms with Crippen LogP contribution >= 0.6 is 11.3 Å². The highest BCUT2D eigenvalue weighted by Crippen LogP contribution is 2.34. The van der Waals surface area contributed by atoms with Gasteiger partial charge in [-0.25, -0.2) is 0 Å². The normalized spacial score (nSPS) is 17.5. The fourth-order valence-electron chi connectivity index (χ4n) is 2.42. The van der Waals surface area contributed by atoms with Crippen LogP contribution in [0.2, 0.25) is 0 Å². The molecule has 0 radical (unpaired) electrons. The van der Waals surface area contributed by atoms with E-state index < -0.39 is 0 Å². The zero-order valence-electron chi connectivity index (χ0n) is 10.3. The van der Waals surface area contributed by atoms with Crippen molar-refractivity contribution in [3.8, 4) is 0 Å². The van der Waals surface area contributed by atoms with Gasteiger partial charge in [0.25, 0.3) is 0 Å². The van der Waals surface area contributed by atoms with Crippen molar-refractivity contribution in [2.75, 3.05) is 0 Å². The topological polar surface area (TPSA) is 38.0 Å². The van der Waals surface area contributed by atoms with Crippen LogP contribution in [0.5, 0.6) is 0 Å². The molecule has 0 aliphatic heterocycles.